The Morgan fingerprint density at radius 1 is 0.558 bits per heavy atom. The number of rotatable bonds is 7. The van der Waals surface area contributed by atoms with E-state index in [2.05, 4.69) is 177 Å². The van der Waals surface area contributed by atoms with Gasteiger partial charge in [-0.2, -0.15) is 0 Å². The molecule has 0 saturated carbocycles. The summed E-state index contributed by atoms with van der Waals surface area (Å²) in [6.45, 7) is 2.35. The first-order chi connectivity index (χ1) is 21.3. The second-order valence-electron chi connectivity index (χ2n) is 11.1. The Bertz CT molecular complexity index is 1970. The van der Waals surface area contributed by atoms with Crippen LogP contribution >= 0.6 is 0 Å². The van der Waals surface area contributed by atoms with Crippen LogP contribution in [0.4, 0.5) is 0 Å². The van der Waals surface area contributed by atoms with Gasteiger partial charge in [-0.3, -0.25) is 0 Å². The SMILES string of the molecule is CC1=Cc2ccc3ccccc3c2[CH]1[Zr][C](=C(C(=Cc1ccccc1)c1ccccc1)c1ccccc1)c1ccccc1. The summed E-state index contributed by atoms with van der Waals surface area (Å²) in [5.41, 5.74) is 12.1. The van der Waals surface area contributed by atoms with Crippen LogP contribution in [-0.4, -0.2) is 0 Å². The molecule has 1 unspecified atom stereocenters. The summed E-state index contributed by atoms with van der Waals surface area (Å²) >= 11 is -1.30. The van der Waals surface area contributed by atoms with E-state index < -0.39 is 23.2 Å². The molecule has 0 nitrogen and oxygen atoms in total. The fourth-order valence-corrected chi connectivity index (χ4v) is 10.7. The van der Waals surface area contributed by atoms with Gasteiger partial charge >= 0.3 is 268 Å². The van der Waals surface area contributed by atoms with Crippen LogP contribution in [0, 0.1) is 0 Å². The molecule has 7 rings (SSSR count). The van der Waals surface area contributed by atoms with E-state index in [9.17, 15) is 0 Å². The third kappa shape index (κ3) is 5.71. The Morgan fingerprint density at radius 2 is 1.12 bits per heavy atom. The number of hydrogen-bond donors (Lipinski definition) is 0. The van der Waals surface area contributed by atoms with Crippen molar-refractivity contribution in [3.63, 3.8) is 0 Å². The summed E-state index contributed by atoms with van der Waals surface area (Å²) in [6, 6.07) is 57.5. The average molecular weight is 628 g/mol. The Balaban J connectivity index is 1.52. The standard InChI is InChI=1S/C28H21.C14H11.Zr/c1-5-13-23(14-6-1)21-27(25-17-9-3-10-18-25)28(26-19-11-4-12-20-26)22-24-15-7-2-8-16-24;1-10-8-12-7-6-11-4-2-3-5-13(11)14(12)9-10;/h1-21H;2-9H,1H3;. The van der Waals surface area contributed by atoms with Crippen molar-refractivity contribution < 1.29 is 23.2 Å². The zero-order valence-electron chi connectivity index (χ0n) is 24.2. The van der Waals surface area contributed by atoms with E-state index in [1.807, 2.05) is 0 Å². The van der Waals surface area contributed by atoms with Crippen LogP contribution in [0.25, 0.3) is 37.4 Å². The molecule has 43 heavy (non-hydrogen) atoms. The zero-order chi connectivity index (χ0) is 29.0. The fraction of sp³-hybridized carbons (Fsp3) is 0.0476. The number of hydrogen-bond acceptors (Lipinski definition) is 0. The molecule has 0 bridgehead atoms. The maximum atomic E-state index is 2.44. The molecule has 1 aliphatic carbocycles. The van der Waals surface area contributed by atoms with Crippen LogP contribution in [0.1, 0.15) is 43.9 Å². The number of fused-ring (bicyclic) bond motifs is 3. The molecule has 204 valence electrons. The van der Waals surface area contributed by atoms with Crippen molar-refractivity contribution in [2.45, 2.75) is 10.5 Å². The molecule has 0 N–H and O–H groups in total. The molecule has 6 aromatic carbocycles. The molecule has 0 amide bonds. The van der Waals surface area contributed by atoms with E-state index >= 15 is 0 Å². The van der Waals surface area contributed by atoms with Crippen LogP contribution in [0.15, 0.2) is 163 Å². The molecule has 0 heterocycles. The molecule has 0 spiro atoms. The second-order valence-corrected chi connectivity index (χ2v) is 14.4. The van der Waals surface area contributed by atoms with Crippen molar-refractivity contribution in [1.82, 2.24) is 0 Å². The molecule has 1 heteroatoms. The predicted octanol–water partition coefficient (Wildman–Crippen LogP) is 11.2. The van der Waals surface area contributed by atoms with Gasteiger partial charge in [0.25, 0.3) is 0 Å². The molecule has 0 aliphatic heterocycles. The van der Waals surface area contributed by atoms with Crippen LogP contribution in [0.2, 0.25) is 0 Å². The van der Waals surface area contributed by atoms with Crippen molar-refractivity contribution in [1.29, 1.82) is 0 Å². The van der Waals surface area contributed by atoms with Gasteiger partial charge in [0.2, 0.25) is 0 Å². The van der Waals surface area contributed by atoms with Gasteiger partial charge in [0.1, 0.15) is 0 Å². The number of benzene rings is 6. The van der Waals surface area contributed by atoms with E-state index in [0.29, 0.717) is 3.63 Å². The van der Waals surface area contributed by atoms with Gasteiger partial charge in [-0.15, -0.1) is 0 Å². The summed E-state index contributed by atoms with van der Waals surface area (Å²) in [4.78, 5) is 0. The van der Waals surface area contributed by atoms with Gasteiger partial charge in [0.15, 0.2) is 0 Å². The van der Waals surface area contributed by atoms with E-state index in [-0.39, 0.29) is 0 Å². The van der Waals surface area contributed by atoms with Gasteiger partial charge in [0.05, 0.1) is 0 Å². The zero-order valence-corrected chi connectivity index (χ0v) is 26.7. The van der Waals surface area contributed by atoms with Crippen LogP contribution in [0.3, 0.4) is 0 Å². The Labute approximate surface area is 266 Å². The summed E-state index contributed by atoms with van der Waals surface area (Å²) in [5.74, 6) is 0. The minimum absolute atomic E-state index is 0.451. The second kappa shape index (κ2) is 12.5. The molecular formula is C42H32Zr. The molecule has 0 aromatic heterocycles. The molecule has 0 saturated heterocycles. The van der Waals surface area contributed by atoms with Crippen LogP contribution in [0.5, 0.6) is 0 Å². The quantitative estimate of drug-likeness (QED) is 0.122. The molecule has 1 atom stereocenters. The van der Waals surface area contributed by atoms with Gasteiger partial charge < -0.3 is 0 Å². The third-order valence-corrected chi connectivity index (χ3v) is 12.8. The van der Waals surface area contributed by atoms with Crippen molar-refractivity contribution in [3.05, 3.63) is 197 Å². The van der Waals surface area contributed by atoms with Crippen LogP contribution < -0.4 is 0 Å². The Kier molecular flexibility index (Phi) is 8.00. The Hall–Kier alpha value is -4.32. The van der Waals surface area contributed by atoms with E-state index in [0.717, 1.165) is 0 Å². The summed E-state index contributed by atoms with van der Waals surface area (Å²) < 4.78 is 1.98. The maximum absolute atomic E-state index is 2.44. The van der Waals surface area contributed by atoms with Gasteiger partial charge in [0, 0.05) is 0 Å². The van der Waals surface area contributed by atoms with Gasteiger partial charge in [-0.05, 0) is 0 Å². The van der Waals surface area contributed by atoms with E-state index in [1.165, 1.54) is 64.2 Å². The van der Waals surface area contributed by atoms with Crippen molar-refractivity contribution in [2.75, 3.05) is 0 Å². The van der Waals surface area contributed by atoms with Gasteiger partial charge in [-0.25, -0.2) is 0 Å². The first kappa shape index (κ1) is 27.5. The van der Waals surface area contributed by atoms with E-state index in [1.54, 1.807) is 0 Å². The normalized spacial score (nSPS) is 15.0. The monoisotopic (exact) mass is 626 g/mol. The first-order valence-electron chi connectivity index (χ1n) is 14.9. The minimum atomic E-state index is -1.30. The molecular weight excluding hydrogens is 596 g/mol. The summed E-state index contributed by atoms with van der Waals surface area (Å²) in [5, 5.41) is 2.73. The number of allylic oxidation sites excluding steroid dienone is 3. The third-order valence-electron chi connectivity index (χ3n) is 8.26. The van der Waals surface area contributed by atoms with Crippen molar-refractivity contribution in [3.8, 4) is 0 Å². The average Bonchev–Trinajstić information content (AvgIpc) is 3.40. The summed E-state index contributed by atoms with van der Waals surface area (Å²) in [7, 11) is 0. The van der Waals surface area contributed by atoms with E-state index in [4.69, 9.17) is 0 Å². The topological polar surface area (TPSA) is 0 Å². The summed E-state index contributed by atoms with van der Waals surface area (Å²) in [6.07, 6.45) is 4.83. The van der Waals surface area contributed by atoms with Crippen LogP contribution in [-0.2, 0) is 23.2 Å². The molecule has 0 radical (unpaired) electrons. The van der Waals surface area contributed by atoms with Gasteiger partial charge in [-0.1, -0.05) is 0 Å². The fourth-order valence-electron chi connectivity index (χ4n) is 6.22. The first-order valence-corrected chi connectivity index (χ1v) is 17.5. The van der Waals surface area contributed by atoms with Crippen molar-refractivity contribution in [2.24, 2.45) is 0 Å². The Morgan fingerprint density at radius 3 is 1.79 bits per heavy atom. The predicted molar refractivity (Wildman–Crippen MR) is 181 cm³/mol. The molecule has 0 fully saturated rings. The molecule has 1 aliphatic rings. The molecule has 6 aromatic rings. The van der Waals surface area contributed by atoms with Crippen molar-refractivity contribution >= 4 is 37.4 Å².